The third-order valence-corrected chi connectivity index (χ3v) is 3.32. The predicted molar refractivity (Wildman–Crippen MR) is 81.4 cm³/mol. The molecule has 0 saturated heterocycles. The second-order valence-electron chi connectivity index (χ2n) is 5.36. The molecule has 1 aromatic heterocycles. The number of aliphatic carboxylic acids is 1. The maximum Gasteiger partial charge on any atom is 0.323 e. The van der Waals surface area contributed by atoms with E-state index in [1.807, 2.05) is 0 Å². The van der Waals surface area contributed by atoms with E-state index >= 15 is 0 Å². The average Bonchev–Trinajstić information content (AvgIpc) is 2.93. The van der Waals surface area contributed by atoms with E-state index in [1.54, 1.807) is 6.92 Å². The smallest absolute Gasteiger partial charge is 0.323 e. The van der Waals surface area contributed by atoms with Crippen LogP contribution in [0.1, 0.15) is 30.1 Å². The van der Waals surface area contributed by atoms with Gasteiger partial charge in [-0.05, 0) is 31.0 Å². The third kappa shape index (κ3) is 5.45. The van der Waals surface area contributed by atoms with Gasteiger partial charge in [0.2, 0.25) is 11.8 Å². The van der Waals surface area contributed by atoms with E-state index in [1.165, 1.54) is 29.2 Å². The molecule has 1 heterocycles. The van der Waals surface area contributed by atoms with Gasteiger partial charge in [0.05, 0.1) is 0 Å². The van der Waals surface area contributed by atoms with Gasteiger partial charge in [-0.1, -0.05) is 17.3 Å². The molecule has 2 rings (SSSR count). The first-order valence-corrected chi connectivity index (χ1v) is 7.47. The predicted octanol–water partition coefficient (Wildman–Crippen LogP) is 1.95. The summed E-state index contributed by atoms with van der Waals surface area (Å²) in [7, 11) is 0. The monoisotopic (exact) mass is 335 g/mol. The molecule has 0 unspecified atom stereocenters. The fraction of sp³-hybridized carbons (Fsp3) is 0.375. The van der Waals surface area contributed by atoms with Gasteiger partial charge in [0, 0.05) is 19.4 Å². The van der Waals surface area contributed by atoms with Crippen LogP contribution < -0.4 is 0 Å². The summed E-state index contributed by atoms with van der Waals surface area (Å²) >= 11 is 0. The number of nitrogens with zero attached hydrogens (tertiary/aromatic N) is 3. The topological polar surface area (TPSA) is 96.5 Å². The van der Waals surface area contributed by atoms with E-state index in [9.17, 15) is 14.0 Å². The van der Waals surface area contributed by atoms with E-state index in [2.05, 4.69) is 10.1 Å². The molecule has 24 heavy (non-hydrogen) atoms. The van der Waals surface area contributed by atoms with Gasteiger partial charge in [0.15, 0.2) is 5.82 Å². The molecule has 1 N–H and O–H groups in total. The van der Waals surface area contributed by atoms with Gasteiger partial charge in [0.1, 0.15) is 12.4 Å². The Labute approximate surface area is 138 Å². The fourth-order valence-corrected chi connectivity index (χ4v) is 2.20. The Kier molecular flexibility index (Phi) is 6.00. The fourth-order valence-electron chi connectivity index (χ4n) is 2.20. The first kappa shape index (κ1) is 17.6. The standard InChI is InChI=1S/C16H18FN3O4/c1-11-18-14(24-19-11)3-2-4-15(21)20(10-16(22)23)9-12-5-7-13(17)8-6-12/h5-8H,2-4,9-10H2,1H3,(H,22,23). The number of carbonyl (C=O) groups excluding carboxylic acids is 1. The number of carbonyl (C=O) groups is 2. The van der Waals surface area contributed by atoms with Crippen LogP contribution in [0.4, 0.5) is 4.39 Å². The lowest BCUT2D eigenvalue weighted by Gasteiger charge is -2.20. The molecule has 0 fully saturated rings. The van der Waals surface area contributed by atoms with E-state index in [0.29, 0.717) is 30.1 Å². The first-order valence-electron chi connectivity index (χ1n) is 7.47. The number of rotatable bonds is 8. The normalized spacial score (nSPS) is 10.6. The number of hydrogen-bond donors (Lipinski definition) is 1. The van der Waals surface area contributed by atoms with Crippen LogP contribution in [0.15, 0.2) is 28.8 Å². The second-order valence-corrected chi connectivity index (χ2v) is 5.36. The zero-order valence-electron chi connectivity index (χ0n) is 13.2. The third-order valence-electron chi connectivity index (χ3n) is 3.32. The summed E-state index contributed by atoms with van der Waals surface area (Å²) in [6.45, 7) is 1.41. The highest BCUT2D eigenvalue weighted by atomic mass is 19.1. The van der Waals surface area contributed by atoms with Crippen molar-refractivity contribution in [1.82, 2.24) is 15.0 Å². The van der Waals surface area contributed by atoms with Crippen molar-refractivity contribution >= 4 is 11.9 Å². The number of amides is 1. The molecular formula is C16H18FN3O4. The molecule has 0 aliphatic carbocycles. The molecular weight excluding hydrogens is 317 g/mol. The lowest BCUT2D eigenvalue weighted by atomic mass is 10.1. The lowest BCUT2D eigenvalue weighted by Crippen LogP contribution is -2.35. The van der Waals surface area contributed by atoms with Crippen molar-refractivity contribution in [2.45, 2.75) is 32.7 Å². The summed E-state index contributed by atoms with van der Waals surface area (Å²) < 4.78 is 17.9. The number of carboxylic acid groups (broad SMARTS) is 1. The molecule has 2 aromatic rings. The molecule has 0 radical (unpaired) electrons. The van der Waals surface area contributed by atoms with Gasteiger partial charge < -0.3 is 14.5 Å². The Morgan fingerprint density at radius 3 is 2.58 bits per heavy atom. The van der Waals surface area contributed by atoms with Crippen LogP contribution in [-0.4, -0.2) is 38.6 Å². The largest absolute Gasteiger partial charge is 0.480 e. The number of aryl methyl sites for hydroxylation is 2. The van der Waals surface area contributed by atoms with Crippen molar-refractivity contribution in [3.8, 4) is 0 Å². The van der Waals surface area contributed by atoms with Crippen LogP contribution in [0, 0.1) is 12.7 Å². The van der Waals surface area contributed by atoms with Gasteiger partial charge in [-0.3, -0.25) is 9.59 Å². The number of halogens is 1. The molecule has 0 spiro atoms. The van der Waals surface area contributed by atoms with Crippen molar-refractivity contribution in [3.05, 3.63) is 47.4 Å². The van der Waals surface area contributed by atoms with Crippen LogP contribution in [0.25, 0.3) is 0 Å². The van der Waals surface area contributed by atoms with Crippen LogP contribution >= 0.6 is 0 Å². The molecule has 128 valence electrons. The number of carboxylic acids is 1. The Morgan fingerprint density at radius 2 is 2.00 bits per heavy atom. The quantitative estimate of drug-likeness (QED) is 0.792. The van der Waals surface area contributed by atoms with Crippen molar-refractivity contribution in [3.63, 3.8) is 0 Å². The minimum Gasteiger partial charge on any atom is -0.480 e. The summed E-state index contributed by atoms with van der Waals surface area (Å²) in [5.41, 5.74) is 0.665. The maximum atomic E-state index is 12.9. The Balaban J connectivity index is 1.91. The number of aromatic nitrogens is 2. The molecule has 0 aliphatic heterocycles. The van der Waals surface area contributed by atoms with Crippen LogP contribution in [-0.2, 0) is 22.6 Å². The Hall–Kier alpha value is -2.77. The molecule has 0 aliphatic rings. The number of benzene rings is 1. The second kappa shape index (κ2) is 8.19. The Morgan fingerprint density at radius 1 is 1.29 bits per heavy atom. The molecule has 1 aromatic carbocycles. The molecule has 8 heteroatoms. The number of hydrogen-bond acceptors (Lipinski definition) is 5. The van der Waals surface area contributed by atoms with E-state index in [4.69, 9.17) is 9.63 Å². The zero-order valence-corrected chi connectivity index (χ0v) is 13.2. The molecule has 0 bridgehead atoms. The molecule has 0 atom stereocenters. The average molecular weight is 335 g/mol. The van der Waals surface area contributed by atoms with Gasteiger partial charge in [-0.15, -0.1) is 0 Å². The lowest BCUT2D eigenvalue weighted by molar-refractivity contribution is -0.145. The van der Waals surface area contributed by atoms with Crippen LogP contribution in [0.2, 0.25) is 0 Å². The Bertz CT molecular complexity index is 700. The van der Waals surface area contributed by atoms with Crippen LogP contribution in [0.3, 0.4) is 0 Å². The summed E-state index contributed by atoms with van der Waals surface area (Å²) in [6, 6.07) is 5.60. The van der Waals surface area contributed by atoms with Crippen molar-refractivity contribution in [2.75, 3.05) is 6.54 Å². The summed E-state index contributed by atoms with van der Waals surface area (Å²) in [6.07, 6.45) is 1.08. The first-order chi connectivity index (χ1) is 11.4. The summed E-state index contributed by atoms with van der Waals surface area (Å²) in [5.74, 6) is -0.801. The summed E-state index contributed by atoms with van der Waals surface area (Å²) in [5, 5.41) is 12.6. The van der Waals surface area contributed by atoms with Gasteiger partial charge in [0.25, 0.3) is 0 Å². The highest BCUT2D eigenvalue weighted by molar-refractivity contribution is 5.81. The molecule has 1 amide bonds. The zero-order chi connectivity index (χ0) is 17.5. The van der Waals surface area contributed by atoms with Crippen LogP contribution in [0.5, 0.6) is 0 Å². The van der Waals surface area contributed by atoms with E-state index in [0.717, 1.165) is 0 Å². The SMILES string of the molecule is Cc1noc(CCCC(=O)N(CC(=O)O)Cc2ccc(F)cc2)n1. The van der Waals surface area contributed by atoms with Gasteiger partial charge in [-0.2, -0.15) is 4.98 Å². The van der Waals surface area contributed by atoms with Crippen molar-refractivity contribution < 1.29 is 23.6 Å². The highest BCUT2D eigenvalue weighted by Crippen LogP contribution is 2.10. The highest BCUT2D eigenvalue weighted by Gasteiger charge is 2.17. The maximum absolute atomic E-state index is 12.9. The van der Waals surface area contributed by atoms with Gasteiger partial charge >= 0.3 is 5.97 Å². The van der Waals surface area contributed by atoms with E-state index < -0.39 is 12.5 Å². The van der Waals surface area contributed by atoms with E-state index in [-0.39, 0.29) is 24.7 Å². The van der Waals surface area contributed by atoms with Crippen molar-refractivity contribution in [1.29, 1.82) is 0 Å². The molecule has 0 saturated carbocycles. The molecule has 7 nitrogen and oxygen atoms in total. The minimum absolute atomic E-state index is 0.116. The van der Waals surface area contributed by atoms with Crippen molar-refractivity contribution in [2.24, 2.45) is 0 Å². The summed E-state index contributed by atoms with van der Waals surface area (Å²) in [4.78, 5) is 28.5. The minimum atomic E-state index is -1.10. The van der Waals surface area contributed by atoms with Gasteiger partial charge in [-0.25, -0.2) is 4.39 Å².